The van der Waals surface area contributed by atoms with Crippen molar-refractivity contribution in [2.45, 2.75) is 93.9 Å². The van der Waals surface area contributed by atoms with Crippen molar-refractivity contribution in [1.82, 2.24) is 0 Å². The largest absolute Gasteiger partial charge is 0.465 e. The molecule has 0 saturated heterocycles. The van der Waals surface area contributed by atoms with Crippen molar-refractivity contribution < 1.29 is 18.9 Å². The van der Waals surface area contributed by atoms with Crippen LogP contribution in [-0.4, -0.2) is 18.4 Å². The van der Waals surface area contributed by atoms with Crippen LogP contribution in [0.4, 0.5) is 0 Å². The summed E-state index contributed by atoms with van der Waals surface area (Å²) in [5, 5.41) is 0. The third-order valence-electron chi connectivity index (χ3n) is 5.37. The highest BCUT2D eigenvalue weighted by atomic mass is 31.0. The molecule has 4 nitrogen and oxygen atoms in total. The smallest absolute Gasteiger partial charge is 0.316 e. The molecular formula is C26H44O4P+. The number of hydrogen-bond donors (Lipinski definition) is 0. The molecule has 0 fully saturated rings. The molecule has 0 radical (unpaired) electrons. The Morgan fingerprint density at radius 3 is 2.03 bits per heavy atom. The van der Waals surface area contributed by atoms with Gasteiger partial charge in [0.25, 0.3) is 0 Å². The summed E-state index contributed by atoms with van der Waals surface area (Å²) < 4.78 is 13.7. The average Bonchev–Trinajstić information content (AvgIpc) is 2.65. The molecule has 31 heavy (non-hydrogen) atoms. The molecule has 176 valence electrons. The first-order chi connectivity index (χ1) is 14.5. The predicted octanol–water partition coefficient (Wildman–Crippen LogP) is 7.20. The summed E-state index contributed by atoms with van der Waals surface area (Å²) in [5.41, 5.74) is 3.86. The summed E-state index contributed by atoms with van der Waals surface area (Å²) in [7, 11) is 1.17. The third kappa shape index (κ3) is 11.1. The number of benzene rings is 1. The molecule has 0 aliphatic rings. The lowest BCUT2D eigenvalue weighted by Crippen LogP contribution is -2.30. The lowest BCUT2D eigenvalue weighted by atomic mass is 9.79. The van der Waals surface area contributed by atoms with Crippen LogP contribution in [0.1, 0.15) is 100 Å². The normalized spacial score (nSPS) is 13.0. The van der Waals surface area contributed by atoms with Crippen LogP contribution in [0.3, 0.4) is 0 Å². The van der Waals surface area contributed by atoms with Gasteiger partial charge in [0.1, 0.15) is 5.92 Å². The van der Waals surface area contributed by atoms with Crippen molar-refractivity contribution in [2.24, 2.45) is 17.3 Å². The van der Waals surface area contributed by atoms with Gasteiger partial charge in [0.05, 0.1) is 6.61 Å². The summed E-state index contributed by atoms with van der Waals surface area (Å²) in [6.07, 6.45) is 5.71. The molecule has 3 atom stereocenters. The topological polar surface area (TPSA) is 60.4 Å². The fourth-order valence-electron chi connectivity index (χ4n) is 4.39. The van der Waals surface area contributed by atoms with Crippen molar-refractivity contribution in [3.8, 4) is 0 Å². The van der Waals surface area contributed by atoms with Crippen LogP contribution in [0.2, 0.25) is 0 Å². The van der Waals surface area contributed by atoms with Crippen LogP contribution in [0.25, 0.3) is 0 Å². The molecule has 1 aromatic carbocycles. The van der Waals surface area contributed by atoms with Gasteiger partial charge in [-0.3, -0.25) is 9.59 Å². The Morgan fingerprint density at radius 2 is 1.55 bits per heavy atom. The Bertz CT molecular complexity index is 683. The molecular weight excluding hydrogens is 407 g/mol. The van der Waals surface area contributed by atoms with E-state index in [9.17, 15) is 9.59 Å². The minimum absolute atomic E-state index is 0.0840. The van der Waals surface area contributed by atoms with Crippen LogP contribution in [-0.2, 0) is 14.1 Å². The summed E-state index contributed by atoms with van der Waals surface area (Å²) in [5.74, 6) is -0.896. The number of ketones is 1. The van der Waals surface area contributed by atoms with Crippen molar-refractivity contribution in [3.63, 3.8) is 0 Å². The Kier molecular flexibility index (Phi) is 13.8. The first kappa shape index (κ1) is 29.5. The monoisotopic (exact) mass is 451 g/mol. The lowest BCUT2D eigenvalue weighted by Gasteiger charge is -2.26. The van der Waals surface area contributed by atoms with E-state index in [-0.39, 0.29) is 23.1 Å². The van der Waals surface area contributed by atoms with Crippen molar-refractivity contribution in [2.75, 3.05) is 6.61 Å². The number of Topliss-reactive ketones (excluding diaryl/α,β-unsaturated/α-hetero) is 1. The van der Waals surface area contributed by atoms with Gasteiger partial charge in [-0.15, -0.1) is 0 Å². The second kappa shape index (κ2) is 14.5. The number of esters is 1. The minimum Gasteiger partial charge on any atom is -0.465 e. The number of rotatable bonds is 11. The van der Waals surface area contributed by atoms with E-state index >= 15 is 0 Å². The summed E-state index contributed by atoms with van der Waals surface area (Å²) in [6, 6.07) is 4.04. The molecule has 0 spiro atoms. The lowest BCUT2D eigenvalue weighted by molar-refractivity contribution is -0.147. The second-order valence-corrected chi connectivity index (χ2v) is 10.0. The summed E-state index contributed by atoms with van der Waals surface area (Å²) in [6.45, 7) is 17.2. The minimum atomic E-state index is -0.723. The van der Waals surface area contributed by atoms with Gasteiger partial charge < -0.3 is 4.74 Å². The van der Waals surface area contributed by atoms with Gasteiger partial charge >= 0.3 is 15.1 Å². The summed E-state index contributed by atoms with van der Waals surface area (Å²) >= 11 is 0. The van der Waals surface area contributed by atoms with Gasteiger partial charge in [0, 0.05) is 5.56 Å². The molecule has 0 saturated carbocycles. The van der Waals surface area contributed by atoms with Gasteiger partial charge in [-0.1, -0.05) is 76.1 Å². The van der Waals surface area contributed by atoms with Gasteiger partial charge in [0.2, 0.25) is 0 Å². The van der Waals surface area contributed by atoms with Gasteiger partial charge in [-0.05, 0) is 62.5 Å². The molecule has 0 aromatic heterocycles. The maximum Gasteiger partial charge on any atom is 0.316 e. The second-order valence-electron chi connectivity index (χ2n) is 10.0. The molecule has 0 aliphatic heterocycles. The van der Waals surface area contributed by atoms with E-state index in [0.717, 1.165) is 48.8 Å². The van der Waals surface area contributed by atoms with E-state index in [1.807, 2.05) is 32.9 Å². The van der Waals surface area contributed by atoms with Crippen LogP contribution in [0.5, 0.6) is 0 Å². The highest BCUT2D eigenvalue weighted by Crippen LogP contribution is 2.31. The van der Waals surface area contributed by atoms with Crippen LogP contribution < -0.4 is 0 Å². The zero-order valence-electron chi connectivity index (χ0n) is 21.0. The van der Waals surface area contributed by atoms with E-state index in [4.69, 9.17) is 9.30 Å². The number of unbranched alkanes of at least 4 members (excludes halogenated alkanes) is 3. The Hall–Kier alpha value is -1.54. The molecule has 0 aliphatic carbocycles. The van der Waals surface area contributed by atoms with E-state index in [2.05, 4.69) is 34.6 Å². The highest BCUT2D eigenvalue weighted by molar-refractivity contribution is 7.00. The Labute approximate surface area is 192 Å². The van der Waals surface area contributed by atoms with Crippen LogP contribution in [0, 0.1) is 38.0 Å². The van der Waals surface area contributed by atoms with E-state index in [1.54, 1.807) is 0 Å². The molecule has 1 aromatic rings. The molecule has 3 unspecified atom stereocenters. The standard InChI is InChI=1S/C26H42O3.H2OP/c1-9-10-11-12-13-29-25(28)22(16-19(3)17-26(6,7)8)24(27)23-20(4)14-18(2)15-21(23)5;1-2/h14-15,19,22H,9-13,16-17H2,1-8H3;2H2/q;+1. The van der Waals surface area contributed by atoms with Crippen molar-refractivity contribution in [3.05, 3.63) is 34.4 Å². The van der Waals surface area contributed by atoms with E-state index in [0.29, 0.717) is 18.6 Å². The van der Waals surface area contributed by atoms with Crippen LogP contribution in [0.15, 0.2) is 12.1 Å². The summed E-state index contributed by atoms with van der Waals surface area (Å²) in [4.78, 5) is 26.4. The fraction of sp³-hybridized carbons (Fsp3) is 0.692. The average molecular weight is 452 g/mol. The molecule has 0 heterocycles. The number of ether oxygens (including phenoxy) is 1. The van der Waals surface area contributed by atoms with E-state index < -0.39 is 5.92 Å². The maximum atomic E-state index is 13.5. The van der Waals surface area contributed by atoms with Gasteiger partial charge in [0.15, 0.2) is 5.78 Å². The zero-order chi connectivity index (χ0) is 24.2. The number of aryl methyl sites for hydroxylation is 3. The Balaban J connectivity index is 0.00000436. The van der Waals surface area contributed by atoms with E-state index in [1.165, 1.54) is 9.12 Å². The zero-order valence-corrected chi connectivity index (χ0v) is 22.1. The molecule has 5 heteroatoms. The first-order valence-electron chi connectivity index (χ1n) is 11.5. The maximum absolute atomic E-state index is 13.5. The molecule has 0 amide bonds. The highest BCUT2D eigenvalue weighted by Gasteiger charge is 2.33. The molecule has 0 bridgehead atoms. The third-order valence-corrected chi connectivity index (χ3v) is 5.37. The molecule has 1 rings (SSSR count). The van der Waals surface area contributed by atoms with Crippen molar-refractivity contribution >= 4 is 20.9 Å². The first-order valence-corrected chi connectivity index (χ1v) is 12.0. The quantitative estimate of drug-likeness (QED) is 0.117. The SMILES string of the molecule is CCCCCCOC(=O)C(CC(C)CC(C)(C)C)C(=O)c1c(C)cc(C)cc1C.O=[PH2+]. The number of hydrogen-bond acceptors (Lipinski definition) is 4. The van der Waals surface area contributed by atoms with Gasteiger partial charge in [-0.25, -0.2) is 0 Å². The van der Waals surface area contributed by atoms with Gasteiger partial charge in [-0.2, -0.15) is 0 Å². The van der Waals surface area contributed by atoms with Crippen molar-refractivity contribution in [1.29, 1.82) is 0 Å². The number of carbonyl (C=O) groups is 2. The Morgan fingerprint density at radius 1 is 1.00 bits per heavy atom. The van der Waals surface area contributed by atoms with Crippen LogP contribution >= 0.6 is 9.12 Å². The fourth-order valence-corrected chi connectivity index (χ4v) is 4.39. The molecule has 0 N–H and O–H groups in total. The number of carbonyl (C=O) groups excluding carboxylic acids is 2. The predicted molar refractivity (Wildman–Crippen MR) is 132 cm³/mol.